The Kier molecular flexibility index (Phi) is 7.82. The number of aliphatic hydroxyl groups excluding tert-OH is 4. The first-order chi connectivity index (χ1) is 9.11. The van der Waals surface area contributed by atoms with Crippen LogP contribution in [0.1, 0.15) is 39.0 Å². The molecule has 1 saturated heterocycles. The molecule has 6 nitrogen and oxygen atoms in total. The van der Waals surface area contributed by atoms with Crippen molar-refractivity contribution in [3.63, 3.8) is 0 Å². The van der Waals surface area contributed by atoms with Gasteiger partial charge in [-0.2, -0.15) is 0 Å². The number of hydrogen-bond donors (Lipinski definition) is 4. The van der Waals surface area contributed by atoms with Gasteiger partial charge in [0.2, 0.25) is 0 Å². The first-order valence-electron chi connectivity index (χ1n) is 7.04. The molecule has 0 aliphatic carbocycles. The van der Waals surface area contributed by atoms with Crippen LogP contribution in [0.15, 0.2) is 0 Å². The Morgan fingerprint density at radius 3 is 2.26 bits per heavy atom. The molecule has 0 aromatic heterocycles. The van der Waals surface area contributed by atoms with Crippen LogP contribution in [-0.2, 0) is 9.47 Å². The van der Waals surface area contributed by atoms with Crippen molar-refractivity contribution in [3.05, 3.63) is 0 Å². The SMILES string of the molecule is CCCCCCCO[C@H]1O[C@H](CO)[C@H](O)[C@H](O)[C@H]1O. The second-order valence-electron chi connectivity index (χ2n) is 4.98. The van der Waals surface area contributed by atoms with Gasteiger partial charge >= 0.3 is 0 Å². The van der Waals surface area contributed by atoms with E-state index in [1.807, 2.05) is 0 Å². The van der Waals surface area contributed by atoms with Crippen LogP contribution in [0, 0.1) is 0 Å². The van der Waals surface area contributed by atoms with Crippen molar-refractivity contribution in [2.45, 2.75) is 69.7 Å². The molecule has 1 aliphatic heterocycles. The van der Waals surface area contributed by atoms with Crippen LogP contribution in [-0.4, -0.2) is 64.3 Å². The lowest BCUT2D eigenvalue weighted by atomic mass is 9.99. The number of hydrogen-bond acceptors (Lipinski definition) is 6. The molecule has 1 aliphatic rings. The van der Waals surface area contributed by atoms with Crippen molar-refractivity contribution in [2.75, 3.05) is 13.2 Å². The molecule has 6 heteroatoms. The molecule has 0 saturated carbocycles. The molecule has 114 valence electrons. The Morgan fingerprint density at radius 2 is 1.63 bits per heavy atom. The summed E-state index contributed by atoms with van der Waals surface area (Å²) in [5.74, 6) is 0. The molecular weight excluding hydrogens is 252 g/mol. The number of ether oxygens (including phenoxy) is 2. The zero-order valence-electron chi connectivity index (χ0n) is 11.4. The fourth-order valence-electron chi connectivity index (χ4n) is 2.11. The van der Waals surface area contributed by atoms with E-state index >= 15 is 0 Å². The standard InChI is InChI=1S/C13H26O6/c1-2-3-4-5-6-7-18-13-12(17)11(16)10(15)9(8-14)19-13/h9-17H,2-8H2,1H3/t9-,10+,11+,12-,13+/m1/s1. The largest absolute Gasteiger partial charge is 0.394 e. The third-order valence-corrected chi connectivity index (χ3v) is 3.38. The van der Waals surface area contributed by atoms with E-state index in [0.717, 1.165) is 19.3 Å². The molecule has 5 atom stereocenters. The topological polar surface area (TPSA) is 99.4 Å². The summed E-state index contributed by atoms with van der Waals surface area (Å²) in [7, 11) is 0. The predicted octanol–water partition coefficient (Wildman–Crippen LogP) is -0.227. The van der Waals surface area contributed by atoms with E-state index in [1.54, 1.807) is 0 Å². The summed E-state index contributed by atoms with van der Waals surface area (Å²) in [4.78, 5) is 0. The van der Waals surface area contributed by atoms with Crippen molar-refractivity contribution in [3.8, 4) is 0 Å². The highest BCUT2D eigenvalue weighted by molar-refractivity contribution is 4.88. The highest BCUT2D eigenvalue weighted by Crippen LogP contribution is 2.22. The van der Waals surface area contributed by atoms with Crippen molar-refractivity contribution in [1.82, 2.24) is 0 Å². The van der Waals surface area contributed by atoms with E-state index in [4.69, 9.17) is 14.6 Å². The van der Waals surface area contributed by atoms with Crippen LogP contribution in [0.2, 0.25) is 0 Å². The molecule has 0 amide bonds. The van der Waals surface area contributed by atoms with E-state index < -0.39 is 37.3 Å². The molecule has 0 spiro atoms. The van der Waals surface area contributed by atoms with Gasteiger partial charge in [-0.1, -0.05) is 32.6 Å². The number of rotatable bonds is 8. The van der Waals surface area contributed by atoms with E-state index in [1.165, 1.54) is 12.8 Å². The second kappa shape index (κ2) is 8.84. The van der Waals surface area contributed by atoms with Gasteiger partial charge in [-0.25, -0.2) is 0 Å². The van der Waals surface area contributed by atoms with Crippen molar-refractivity contribution < 1.29 is 29.9 Å². The van der Waals surface area contributed by atoms with Gasteiger partial charge in [0.25, 0.3) is 0 Å². The van der Waals surface area contributed by atoms with Crippen LogP contribution < -0.4 is 0 Å². The zero-order valence-corrected chi connectivity index (χ0v) is 11.4. The molecule has 1 heterocycles. The zero-order chi connectivity index (χ0) is 14.3. The van der Waals surface area contributed by atoms with E-state index in [2.05, 4.69) is 6.92 Å². The summed E-state index contributed by atoms with van der Waals surface area (Å²) in [5, 5.41) is 37.9. The van der Waals surface area contributed by atoms with Gasteiger partial charge < -0.3 is 29.9 Å². The van der Waals surface area contributed by atoms with Crippen molar-refractivity contribution in [2.24, 2.45) is 0 Å². The molecule has 0 unspecified atom stereocenters. The molecule has 4 N–H and O–H groups in total. The molecule has 0 radical (unpaired) electrons. The Bertz CT molecular complexity index is 235. The molecule has 0 aromatic rings. The highest BCUT2D eigenvalue weighted by Gasteiger charge is 2.43. The van der Waals surface area contributed by atoms with E-state index in [-0.39, 0.29) is 0 Å². The van der Waals surface area contributed by atoms with Crippen molar-refractivity contribution in [1.29, 1.82) is 0 Å². The van der Waals surface area contributed by atoms with Gasteiger partial charge in [0.1, 0.15) is 24.4 Å². The third-order valence-electron chi connectivity index (χ3n) is 3.38. The average Bonchev–Trinajstić information content (AvgIpc) is 2.42. The smallest absolute Gasteiger partial charge is 0.186 e. The predicted molar refractivity (Wildman–Crippen MR) is 68.5 cm³/mol. The Morgan fingerprint density at radius 1 is 0.947 bits per heavy atom. The molecule has 1 rings (SSSR count). The molecule has 1 fully saturated rings. The fraction of sp³-hybridized carbons (Fsp3) is 1.00. The van der Waals surface area contributed by atoms with E-state index in [0.29, 0.717) is 6.61 Å². The maximum absolute atomic E-state index is 9.72. The van der Waals surface area contributed by atoms with Crippen LogP contribution in [0.5, 0.6) is 0 Å². The molecule has 0 bridgehead atoms. The fourth-order valence-corrected chi connectivity index (χ4v) is 2.11. The number of aliphatic hydroxyl groups is 4. The minimum Gasteiger partial charge on any atom is -0.394 e. The first kappa shape index (κ1) is 16.8. The van der Waals surface area contributed by atoms with Gasteiger partial charge in [0, 0.05) is 6.61 Å². The van der Waals surface area contributed by atoms with Crippen LogP contribution in [0.25, 0.3) is 0 Å². The van der Waals surface area contributed by atoms with Gasteiger partial charge in [0.05, 0.1) is 6.61 Å². The lowest BCUT2D eigenvalue weighted by molar-refractivity contribution is -0.301. The maximum atomic E-state index is 9.72. The number of unbranched alkanes of at least 4 members (excludes halogenated alkanes) is 4. The van der Waals surface area contributed by atoms with Crippen molar-refractivity contribution >= 4 is 0 Å². The summed E-state index contributed by atoms with van der Waals surface area (Å²) >= 11 is 0. The molecule has 19 heavy (non-hydrogen) atoms. The summed E-state index contributed by atoms with van der Waals surface area (Å²) in [6.45, 7) is 2.14. The van der Waals surface area contributed by atoms with Crippen LogP contribution in [0.3, 0.4) is 0 Å². The highest BCUT2D eigenvalue weighted by atomic mass is 16.7. The Hall–Kier alpha value is -0.240. The van der Waals surface area contributed by atoms with E-state index in [9.17, 15) is 15.3 Å². The minimum absolute atomic E-state index is 0.423. The molecule has 0 aromatic carbocycles. The monoisotopic (exact) mass is 278 g/mol. The van der Waals surface area contributed by atoms with Gasteiger partial charge in [0.15, 0.2) is 6.29 Å². The summed E-state index contributed by atoms with van der Waals surface area (Å²) in [5.41, 5.74) is 0. The average molecular weight is 278 g/mol. The maximum Gasteiger partial charge on any atom is 0.186 e. The quantitative estimate of drug-likeness (QED) is 0.458. The summed E-state index contributed by atoms with van der Waals surface area (Å²) in [6.07, 6.45) is -0.471. The summed E-state index contributed by atoms with van der Waals surface area (Å²) in [6, 6.07) is 0. The minimum atomic E-state index is -1.36. The van der Waals surface area contributed by atoms with Gasteiger partial charge in [-0.15, -0.1) is 0 Å². The lowest BCUT2D eigenvalue weighted by Gasteiger charge is -2.39. The summed E-state index contributed by atoms with van der Waals surface area (Å²) < 4.78 is 10.6. The van der Waals surface area contributed by atoms with Crippen LogP contribution in [0.4, 0.5) is 0 Å². The van der Waals surface area contributed by atoms with Crippen LogP contribution >= 0.6 is 0 Å². The van der Waals surface area contributed by atoms with Gasteiger partial charge in [-0.3, -0.25) is 0 Å². The lowest BCUT2D eigenvalue weighted by Crippen LogP contribution is -2.59. The first-order valence-corrected chi connectivity index (χ1v) is 7.04. The second-order valence-corrected chi connectivity index (χ2v) is 4.98. The van der Waals surface area contributed by atoms with Gasteiger partial charge in [-0.05, 0) is 6.42 Å². The third kappa shape index (κ3) is 4.98. The molecular formula is C13H26O6. The Labute approximate surface area is 114 Å². The normalized spacial score (nSPS) is 35.5. The Balaban J connectivity index is 2.28.